The number of rotatable bonds is 7. The molecule has 0 bridgehead atoms. The summed E-state index contributed by atoms with van der Waals surface area (Å²) in [7, 11) is 0. The van der Waals surface area contributed by atoms with Crippen molar-refractivity contribution in [1.82, 2.24) is 9.97 Å². The molecule has 0 aromatic carbocycles. The first-order chi connectivity index (χ1) is 8.43. The monoisotopic (exact) mass is 252 g/mol. The Kier molecular flexibility index (Phi) is 5.34. The number of nitrogens with two attached hydrogens (primary N) is 1. The zero-order chi connectivity index (χ0) is 13.6. The molecule has 0 aliphatic carbocycles. The van der Waals surface area contributed by atoms with Crippen molar-refractivity contribution in [3.8, 4) is 5.88 Å². The molecule has 1 heterocycles. The molecule has 0 atom stereocenters. The smallest absolute Gasteiger partial charge is 0.234 e. The van der Waals surface area contributed by atoms with Crippen LogP contribution >= 0.6 is 0 Å². The van der Waals surface area contributed by atoms with E-state index in [1.807, 2.05) is 13.8 Å². The minimum absolute atomic E-state index is 0.100. The third-order valence-corrected chi connectivity index (χ3v) is 2.54. The highest BCUT2D eigenvalue weighted by Crippen LogP contribution is 2.20. The lowest BCUT2D eigenvalue weighted by atomic mass is 9.89. The van der Waals surface area contributed by atoms with Crippen LogP contribution in [-0.4, -0.2) is 29.2 Å². The van der Waals surface area contributed by atoms with Crippen molar-refractivity contribution in [2.45, 2.75) is 40.2 Å². The molecule has 1 aromatic heterocycles. The van der Waals surface area contributed by atoms with Crippen molar-refractivity contribution in [2.24, 2.45) is 11.1 Å². The molecule has 1 aromatic rings. The van der Waals surface area contributed by atoms with Crippen LogP contribution in [0.5, 0.6) is 5.88 Å². The van der Waals surface area contributed by atoms with Gasteiger partial charge in [0.25, 0.3) is 0 Å². The van der Waals surface area contributed by atoms with Crippen LogP contribution in [0.2, 0.25) is 0 Å². The Morgan fingerprint density at radius 3 is 2.72 bits per heavy atom. The van der Waals surface area contributed by atoms with Crippen LogP contribution in [-0.2, 0) is 0 Å². The normalized spacial score (nSPS) is 11.7. The molecule has 0 radical (unpaired) electrons. The molecule has 0 aliphatic heterocycles. The van der Waals surface area contributed by atoms with Gasteiger partial charge in [0.15, 0.2) is 0 Å². The number of ether oxygens (including phenoxy) is 1. The maximum absolute atomic E-state index is 5.59. The first-order valence-electron chi connectivity index (χ1n) is 6.35. The average molecular weight is 252 g/mol. The number of anilines is 1. The van der Waals surface area contributed by atoms with Crippen molar-refractivity contribution in [3.05, 3.63) is 12.4 Å². The first kappa shape index (κ1) is 14.7. The Morgan fingerprint density at radius 2 is 2.11 bits per heavy atom. The van der Waals surface area contributed by atoms with E-state index in [0.717, 1.165) is 18.8 Å². The van der Waals surface area contributed by atoms with Crippen LogP contribution in [0.25, 0.3) is 0 Å². The molecule has 18 heavy (non-hydrogen) atoms. The van der Waals surface area contributed by atoms with Crippen LogP contribution in [0.1, 0.15) is 34.1 Å². The van der Waals surface area contributed by atoms with Gasteiger partial charge in [0, 0.05) is 6.54 Å². The number of hydrogen-bond acceptors (Lipinski definition) is 5. The van der Waals surface area contributed by atoms with E-state index in [4.69, 9.17) is 10.5 Å². The largest absolute Gasteiger partial charge is 0.474 e. The van der Waals surface area contributed by atoms with E-state index >= 15 is 0 Å². The lowest BCUT2D eigenvalue weighted by molar-refractivity contribution is 0.232. The molecule has 1 rings (SSSR count). The minimum atomic E-state index is 0.100. The van der Waals surface area contributed by atoms with Crippen LogP contribution < -0.4 is 15.8 Å². The van der Waals surface area contributed by atoms with Gasteiger partial charge in [0.1, 0.15) is 5.82 Å². The lowest BCUT2D eigenvalue weighted by Gasteiger charge is -2.24. The van der Waals surface area contributed by atoms with Gasteiger partial charge in [-0.2, -0.15) is 4.98 Å². The third-order valence-electron chi connectivity index (χ3n) is 2.54. The molecule has 102 valence electrons. The van der Waals surface area contributed by atoms with Gasteiger partial charge in [-0.1, -0.05) is 13.8 Å². The molecule has 5 heteroatoms. The summed E-state index contributed by atoms with van der Waals surface area (Å²) >= 11 is 0. The molecule has 0 saturated carbocycles. The lowest BCUT2D eigenvalue weighted by Crippen LogP contribution is -2.26. The maximum atomic E-state index is 5.59. The summed E-state index contributed by atoms with van der Waals surface area (Å²) in [6.45, 7) is 9.78. The van der Waals surface area contributed by atoms with Crippen molar-refractivity contribution in [3.63, 3.8) is 0 Å². The zero-order valence-electron chi connectivity index (χ0n) is 11.7. The maximum Gasteiger partial charge on any atom is 0.234 e. The quantitative estimate of drug-likeness (QED) is 0.777. The predicted molar refractivity (Wildman–Crippen MR) is 73.7 cm³/mol. The van der Waals surface area contributed by atoms with Crippen LogP contribution in [0.4, 0.5) is 5.82 Å². The number of nitrogens with one attached hydrogen (secondary N) is 1. The van der Waals surface area contributed by atoms with E-state index in [9.17, 15) is 0 Å². The summed E-state index contributed by atoms with van der Waals surface area (Å²) in [5.74, 6) is 1.28. The molecule has 0 amide bonds. The van der Waals surface area contributed by atoms with Crippen LogP contribution in [0.3, 0.4) is 0 Å². The fraction of sp³-hybridized carbons (Fsp3) is 0.692. The van der Waals surface area contributed by atoms with Gasteiger partial charge in [-0.3, -0.25) is 4.98 Å². The van der Waals surface area contributed by atoms with Gasteiger partial charge in [0.05, 0.1) is 18.5 Å². The summed E-state index contributed by atoms with van der Waals surface area (Å²) in [5.41, 5.74) is 5.73. The molecule has 3 N–H and O–H groups in total. The van der Waals surface area contributed by atoms with Gasteiger partial charge in [-0.15, -0.1) is 0 Å². The third kappa shape index (κ3) is 5.31. The Hall–Kier alpha value is -1.36. The second-order valence-corrected chi connectivity index (χ2v) is 5.47. The SMILES string of the molecule is CC(C)Oc1cncc(NCC(C)(C)CCN)n1. The van der Waals surface area contributed by atoms with E-state index < -0.39 is 0 Å². The highest BCUT2D eigenvalue weighted by molar-refractivity contribution is 5.33. The fourth-order valence-electron chi connectivity index (χ4n) is 1.54. The Labute approximate surface area is 109 Å². The van der Waals surface area contributed by atoms with E-state index in [0.29, 0.717) is 12.4 Å². The summed E-state index contributed by atoms with van der Waals surface area (Å²) in [5, 5.41) is 3.27. The Morgan fingerprint density at radius 1 is 1.39 bits per heavy atom. The summed E-state index contributed by atoms with van der Waals surface area (Å²) < 4.78 is 5.50. The Bertz CT molecular complexity index is 366. The van der Waals surface area contributed by atoms with Crippen molar-refractivity contribution >= 4 is 5.82 Å². The van der Waals surface area contributed by atoms with E-state index in [1.54, 1.807) is 12.4 Å². The van der Waals surface area contributed by atoms with Gasteiger partial charge in [0.2, 0.25) is 5.88 Å². The summed E-state index contributed by atoms with van der Waals surface area (Å²) in [6, 6.07) is 0. The van der Waals surface area contributed by atoms with Crippen LogP contribution in [0.15, 0.2) is 12.4 Å². The van der Waals surface area contributed by atoms with Crippen molar-refractivity contribution in [2.75, 3.05) is 18.4 Å². The van der Waals surface area contributed by atoms with E-state index in [-0.39, 0.29) is 11.5 Å². The molecule has 0 unspecified atom stereocenters. The second-order valence-electron chi connectivity index (χ2n) is 5.47. The van der Waals surface area contributed by atoms with Gasteiger partial charge in [-0.25, -0.2) is 0 Å². The Balaban J connectivity index is 2.57. The molecule has 0 aliphatic rings. The van der Waals surface area contributed by atoms with Crippen molar-refractivity contribution in [1.29, 1.82) is 0 Å². The summed E-state index contributed by atoms with van der Waals surface area (Å²) in [6.07, 6.45) is 4.39. The van der Waals surface area contributed by atoms with Crippen molar-refractivity contribution < 1.29 is 4.74 Å². The number of nitrogens with zero attached hydrogens (tertiary/aromatic N) is 2. The number of hydrogen-bond donors (Lipinski definition) is 2. The first-order valence-corrected chi connectivity index (χ1v) is 6.35. The van der Waals surface area contributed by atoms with Gasteiger partial charge >= 0.3 is 0 Å². The molecular formula is C13H24N4O. The predicted octanol–water partition coefficient (Wildman–Crippen LogP) is 2.05. The van der Waals surface area contributed by atoms with E-state index in [2.05, 4.69) is 29.1 Å². The van der Waals surface area contributed by atoms with Gasteiger partial charge < -0.3 is 15.8 Å². The molecule has 0 fully saturated rings. The average Bonchev–Trinajstić information content (AvgIpc) is 2.26. The molecule has 0 spiro atoms. The fourth-order valence-corrected chi connectivity index (χ4v) is 1.54. The zero-order valence-corrected chi connectivity index (χ0v) is 11.7. The number of aromatic nitrogens is 2. The minimum Gasteiger partial charge on any atom is -0.474 e. The summed E-state index contributed by atoms with van der Waals surface area (Å²) in [4.78, 5) is 8.46. The highest BCUT2D eigenvalue weighted by Gasteiger charge is 2.16. The molecule has 5 nitrogen and oxygen atoms in total. The standard InChI is InChI=1S/C13H24N4O/c1-10(2)18-12-8-15-7-11(17-12)16-9-13(3,4)5-6-14/h7-8,10H,5-6,9,14H2,1-4H3,(H,16,17). The van der Waals surface area contributed by atoms with E-state index in [1.165, 1.54) is 0 Å². The highest BCUT2D eigenvalue weighted by atomic mass is 16.5. The van der Waals surface area contributed by atoms with Crippen LogP contribution in [0, 0.1) is 5.41 Å². The topological polar surface area (TPSA) is 73.1 Å². The second kappa shape index (κ2) is 6.54. The van der Waals surface area contributed by atoms with Gasteiger partial charge in [-0.05, 0) is 32.2 Å². The molecular weight excluding hydrogens is 228 g/mol. The molecule has 0 saturated heterocycles.